The standard InChI is InChI=1S/C14H30N2O4/c1-12(2)16-14(3,13(15)17)6-9-20-11-10-19-8-5-7-18-4/h12,16H,5-11H2,1-4H3,(H2,15,17). The average Bonchev–Trinajstić information content (AvgIpc) is 2.35. The van der Waals surface area contributed by atoms with Crippen molar-refractivity contribution in [2.75, 3.05) is 40.1 Å². The van der Waals surface area contributed by atoms with Crippen molar-refractivity contribution in [1.82, 2.24) is 5.32 Å². The molecule has 20 heavy (non-hydrogen) atoms. The van der Waals surface area contributed by atoms with E-state index in [1.165, 1.54) is 0 Å². The summed E-state index contributed by atoms with van der Waals surface area (Å²) in [5.74, 6) is -0.356. The maximum Gasteiger partial charge on any atom is 0.237 e. The lowest BCUT2D eigenvalue weighted by molar-refractivity contribution is -0.125. The molecular weight excluding hydrogens is 260 g/mol. The van der Waals surface area contributed by atoms with Gasteiger partial charge in [-0.1, -0.05) is 0 Å². The third-order valence-corrected chi connectivity index (χ3v) is 2.91. The van der Waals surface area contributed by atoms with Crippen LogP contribution in [0, 0.1) is 0 Å². The van der Waals surface area contributed by atoms with E-state index >= 15 is 0 Å². The third kappa shape index (κ3) is 9.25. The average molecular weight is 290 g/mol. The van der Waals surface area contributed by atoms with Crippen LogP contribution in [0.25, 0.3) is 0 Å². The highest BCUT2D eigenvalue weighted by Crippen LogP contribution is 2.10. The van der Waals surface area contributed by atoms with Crippen LogP contribution in [0.4, 0.5) is 0 Å². The van der Waals surface area contributed by atoms with Crippen molar-refractivity contribution in [3.8, 4) is 0 Å². The summed E-state index contributed by atoms with van der Waals surface area (Å²) in [7, 11) is 1.67. The van der Waals surface area contributed by atoms with Gasteiger partial charge in [-0.05, 0) is 33.6 Å². The number of ether oxygens (including phenoxy) is 3. The molecule has 120 valence electrons. The quantitative estimate of drug-likeness (QED) is 0.488. The summed E-state index contributed by atoms with van der Waals surface area (Å²) in [6.07, 6.45) is 1.43. The van der Waals surface area contributed by atoms with Gasteiger partial charge in [0.1, 0.15) is 0 Å². The van der Waals surface area contributed by atoms with E-state index in [0.717, 1.165) is 6.42 Å². The Bertz CT molecular complexity index is 262. The van der Waals surface area contributed by atoms with Gasteiger partial charge in [0.05, 0.1) is 18.8 Å². The van der Waals surface area contributed by atoms with Crippen LogP contribution in [0.15, 0.2) is 0 Å². The lowest BCUT2D eigenvalue weighted by atomic mass is 9.96. The van der Waals surface area contributed by atoms with Gasteiger partial charge >= 0.3 is 0 Å². The van der Waals surface area contributed by atoms with E-state index in [2.05, 4.69) is 5.32 Å². The first kappa shape index (κ1) is 19.3. The zero-order valence-corrected chi connectivity index (χ0v) is 13.2. The van der Waals surface area contributed by atoms with Crippen LogP contribution in [0.1, 0.15) is 33.6 Å². The predicted octanol–water partition coefficient (Wildman–Crippen LogP) is 0.688. The fourth-order valence-corrected chi connectivity index (χ4v) is 1.81. The summed E-state index contributed by atoms with van der Waals surface area (Å²) >= 11 is 0. The van der Waals surface area contributed by atoms with Gasteiger partial charge in [0.25, 0.3) is 0 Å². The molecule has 0 aromatic carbocycles. The Morgan fingerprint density at radius 1 is 1.15 bits per heavy atom. The number of amides is 1. The van der Waals surface area contributed by atoms with Gasteiger partial charge in [-0.3, -0.25) is 4.79 Å². The zero-order chi connectivity index (χ0) is 15.4. The largest absolute Gasteiger partial charge is 0.385 e. The first-order valence-corrected chi connectivity index (χ1v) is 7.14. The molecule has 0 bridgehead atoms. The number of nitrogens with two attached hydrogens (primary N) is 1. The van der Waals surface area contributed by atoms with Crippen LogP contribution in [0.2, 0.25) is 0 Å². The molecule has 0 fully saturated rings. The number of methoxy groups -OCH3 is 1. The number of hydrogen-bond donors (Lipinski definition) is 2. The van der Waals surface area contributed by atoms with E-state index in [0.29, 0.717) is 39.5 Å². The molecule has 6 nitrogen and oxygen atoms in total. The lowest BCUT2D eigenvalue weighted by Crippen LogP contribution is -2.56. The molecule has 0 radical (unpaired) electrons. The van der Waals surface area contributed by atoms with Gasteiger partial charge in [-0.2, -0.15) is 0 Å². The molecule has 0 aromatic heterocycles. The third-order valence-electron chi connectivity index (χ3n) is 2.91. The van der Waals surface area contributed by atoms with Crippen LogP contribution >= 0.6 is 0 Å². The topological polar surface area (TPSA) is 82.8 Å². The summed E-state index contributed by atoms with van der Waals surface area (Å²) in [5, 5.41) is 3.18. The molecule has 0 aliphatic heterocycles. The monoisotopic (exact) mass is 290 g/mol. The molecule has 0 heterocycles. The molecular formula is C14H30N2O4. The molecule has 0 rings (SSSR count). The summed E-state index contributed by atoms with van der Waals surface area (Å²) < 4.78 is 15.7. The minimum atomic E-state index is -0.729. The summed E-state index contributed by atoms with van der Waals surface area (Å²) in [6.45, 7) is 8.69. The Labute approximate surface area is 122 Å². The number of rotatable bonds is 13. The minimum Gasteiger partial charge on any atom is -0.385 e. The summed E-state index contributed by atoms with van der Waals surface area (Å²) in [6, 6.07) is 0.191. The predicted molar refractivity (Wildman–Crippen MR) is 78.6 cm³/mol. The van der Waals surface area contributed by atoms with Crippen LogP contribution in [0.3, 0.4) is 0 Å². The van der Waals surface area contributed by atoms with Crippen LogP contribution in [-0.2, 0) is 19.0 Å². The van der Waals surface area contributed by atoms with Gasteiger partial charge in [0.15, 0.2) is 0 Å². The lowest BCUT2D eigenvalue weighted by Gasteiger charge is -2.29. The van der Waals surface area contributed by atoms with Crippen LogP contribution in [0.5, 0.6) is 0 Å². The Hall–Kier alpha value is -0.690. The van der Waals surface area contributed by atoms with Gasteiger partial charge < -0.3 is 25.3 Å². The number of carbonyl (C=O) groups is 1. The van der Waals surface area contributed by atoms with Crippen molar-refractivity contribution < 1.29 is 19.0 Å². The molecule has 1 unspecified atom stereocenters. The highest BCUT2D eigenvalue weighted by molar-refractivity contribution is 5.84. The summed E-state index contributed by atoms with van der Waals surface area (Å²) in [5.41, 5.74) is 4.71. The van der Waals surface area contributed by atoms with Crippen molar-refractivity contribution in [3.05, 3.63) is 0 Å². The fourth-order valence-electron chi connectivity index (χ4n) is 1.81. The second kappa shape index (κ2) is 11.0. The first-order valence-electron chi connectivity index (χ1n) is 7.14. The first-order chi connectivity index (χ1) is 9.42. The van der Waals surface area contributed by atoms with Gasteiger partial charge in [0, 0.05) is 33.0 Å². The molecule has 0 spiro atoms. The molecule has 6 heteroatoms. The molecule has 0 aliphatic carbocycles. The minimum absolute atomic E-state index is 0.191. The Balaban J connectivity index is 3.67. The van der Waals surface area contributed by atoms with Gasteiger partial charge in [-0.15, -0.1) is 0 Å². The van der Waals surface area contributed by atoms with Gasteiger partial charge in [-0.25, -0.2) is 0 Å². The normalized spacial score (nSPS) is 14.4. The van der Waals surface area contributed by atoms with Crippen molar-refractivity contribution in [3.63, 3.8) is 0 Å². The van der Waals surface area contributed by atoms with Crippen LogP contribution in [-0.4, -0.2) is 57.6 Å². The van der Waals surface area contributed by atoms with E-state index in [1.54, 1.807) is 14.0 Å². The highest BCUT2D eigenvalue weighted by atomic mass is 16.5. The van der Waals surface area contributed by atoms with Crippen molar-refractivity contribution in [2.24, 2.45) is 5.73 Å². The molecule has 1 atom stereocenters. The molecule has 0 saturated carbocycles. The van der Waals surface area contributed by atoms with Crippen LogP contribution < -0.4 is 11.1 Å². The molecule has 0 aliphatic rings. The number of nitrogens with one attached hydrogen (secondary N) is 1. The summed E-state index contributed by atoms with van der Waals surface area (Å²) in [4.78, 5) is 11.5. The fraction of sp³-hybridized carbons (Fsp3) is 0.929. The zero-order valence-electron chi connectivity index (χ0n) is 13.2. The SMILES string of the molecule is COCCCOCCOCCC(C)(NC(C)C)C(N)=O. The van der Waals surface area contributed by atoms with Crippen molar-refractivity contribution >= 4 is 5.91 Å². The van der Waals surface area contributed by atoms with E-state index in [9.17, 15) is 4.79 Å². The highest BCUT2D eigenvalue weighted by Gasteiger charge is 2.30. The van der Waals surface area contributed by atoms with Gasteiger partial charge in [0.2, 0.25) is 5.91 Å². The van der Waals surface area contributed by atoms with E-state index in [-0.39, 0.29) is 11.9 Å². The molecule has 0 saturated heterocycles. The molecule has 3 N–H and O–H groups in total. The van der Waals surface area contributed by atoms with E-state index in [4.69, 9.17) is 19.9 Å². The smallest absolute Gasteiger partial charge is 0.237 e. The van der Waals surface area contributed by atoms with Crippen molar-refractivity contribution in [2.45, 2.75) is 45.2 Å². The van der Waals surface area contributed by atoms with E-state index in [1.807, 2.05) is 13.8 Å². The maximum absolute atomic E-state index is 11.5. The Morgan fingerprint density at radius 3 is 2.25 bits per heavy atom. The second-order valence-corrected chi connectivity index (χ2v) is 5.32. The number of carbonyl (C=O) groups excluding carboxylic acids is 1. The number of primary amides is 1. The Morgan fingerprint density at radius 2 is 1.75 bits per heavy atom. The van der Waals surface area contributed by atoms with E-state index < -0.39 is 5.54 Å². The molecule has 1 amide bonds. The van der Waals surface area contributed by atoms with Crippen molar-refractivity contribution in [1.29, 1.82) is 0 Å². The number of hydrogen-bond acceptors (Lipinski definition) is 5. The maximum atomic E-state index is 11.5. The molecule has 0 aromatic rings. The Kier molecular flexibility index (Phi) is 10.6. The second-order valence-electron chi connectivity index (χ2n) is 5.32.